The Balaban J connectivity index is 1.92. The predicted molar refractivity (Wildman–Crippen MR) is 83.0 cm³/mol. The number of nitrogens with one attached hydrogen (secondary N) is 1. The van der Waals surface area contributed by atoms with Crippen LogP contribution in [0.1, 0.15) is 24.6 Å². The van der Waals surface area contributed by atoms with Crippen molar-refractivity contribution in [3.63, 3.8) is 0 Å². The zero-order valence-corrected chi connectivity index (χ0v) is 13.2. The number of anilines is 1. The molecule has 2 unspecified atom stereocenters. The lowest BCUT2D eigenvalue weighted by Crippen LogP contribution is -2.16. The standard InChI is InChI=1S/C12H18N5O5P/c13-3-6-4-17(10-9(6)11(18)16-12(14)15-10)8-2-1-7(22-8)5-21-23(19)20/h4,7-8,23H,1-3,5,13H2,(H,19,20)(H3,14,15,16,18)/t7-,8?/m0/s1. The Bertz CT molecular complexity index is 803. The summed E-state index contributed by atoms with van der Waals surface area (Å²) in [6, 6.07) is 0. The summed E-state index contributed by atoms with van der Waals surface area (Å²) in [6.45, 7) is 0.230. The van der Waals surface area contributed by atoms with Gasteiger partial charge in [0.1, 0.15) is 6.23 Å². The maximum absolute atomic E-state index is 12.1. The van der Waals surface area contributed by atoms with Gasteiger partial charge in [-0.2, -0.15) is 4.98 Å². The third-order valence-corrected chi connectivity index (χ3v) is 4.20. The molecule has 2 aromatic rings. The number of rotatable bonds is 5. The molecule has 1 saturated heterocycles. The van der Waals surface area contributed by atoms with Crippen LogP contribution in [0.4, 0.5) is 5.95 Å². The molecule has 0 saturated carbocycles. The summed E-state index contributed by atoms with van der Waals surface area (Å²) >= 11 is 0. The molecule has 23 heavy (non-hydrogen) atoms. The number of aromatic nitrogens is 3. The van der Waals surface area contributed by atoms with Gasteiger partial charge in [0, 0.05) is 12.7 Å². The van der Waals surface area contributed by atoms with Gasteiger partial charge in [0.25, 0.3) is 5.56 Å². The van der Waals surface area contributed by atoms with E-state index in [1.54, 1.807) is 10.8 Å². The van der Waals surface area contributed by atoms with Gasteiger partial charge in [-0.05, 0) is 18.4 Å². The highest BCUT2D eigenvalue weighted by atomic mass is 31.1. The zero-order chi connectivity index (χ0) is 16.6. The van der Waals surface area contributed by atoms with Crippen LogP contribution in [0.3, 0.4) is 0 Å². The molecule has 6 N–H and O–H groups in total. The minimum absolute atomic E-state index is 0.0159. The number of nitrogens with zero attached hydrogens (tertiary/aromatic N) is 2. The molecule has 3 rings (SSSR count). The van der Waals surface area contributed by atoms with Gasteiger partial charge in [0.15, 0.2) is 5.65 Å². The molecule has 1 aliphatic heterocycles. The van der Waals surface area contributed by atoms with Crippen LogP contribution in [0, 0.1) is 0 Å². The third kappa shape index (κ3) is 3.17. The van der Waals surface area contributed by atoms with E-state index in [2.05, 4.69) is 9.97 Å². The average Bonchev–Trinajstić information content (AvgIpc) is 3.08. The van der Waals surface area contributed by atoms with Gasteiger partial charge in [-0.25, -0.2) is 0 Å². The molecule has 0 spiro atoms. The molecule has 0 radical (unpaired) electrons. The van der Waals surface area contributed by atoms with E-state index in [1.165, 1.54) is 0 Å². The van der Waals surface area contributed by atoms with Gasteiger partial charge >= 0.3 is 8.25 Å². The fourth-order valence-electron chi connectivity index (χ4n) is 2.80. The van der Waals surface area contributed by atoms with Crippen LogP contribution < -0.4 is 17.0 Å². The SMILES string of the molecule is NCc1cn(C2CC[C@@H](CO[PH](=O)O)O2)c2nc(N)[nH]c(=O)c12. The second-order valence-electron chi connectivity index (χ2n) is 5.28. The fraction of sp³-hybridized carbons (Fsp3) is 0.500. The molecule has 3 atom stereocenters. The van der Waals surface area contributed by atoms with E-state index in [4.69, 9.17) is 25.6 Å². The smallest absolute Gasteiger partial charge is 0.316 e. The maximum atomic E-state index is 12.1. The first-order valence-corrected chi connectivity index (χ1v) is 8.36. The monoisotopic (exact) mass is 343 g/mol. The lowest BCUT2D eigenvalue weighted by Gasteiger charge is -2.15. The largest absolute Gasteiger partial charge is 0.369 e. The Morgan fingerprint density at radius 1 is 1.57 bits per heavy atom. The number of fused-ring (bicyclic) bond motifs is 1. The van der Waals surface area contributed by atoms with Crippen molar-refractivity contribution in [3.8, 4) is 0 Å². The summed E-state index contributed by atoms with van der Waals surface area (Å²) in [5.41, 5.74) is 12.0. The van der Waals surface area contributed by atoms with Gasteiger partial charge < -0.3 is 30.2 Å². The number of nitrogen functional groups attached to an aromatic ring is 1. The molecule has 126 valence electrons. The number of nitrogens with two attached hydrogens (primary N) is 2. The predicted octanol–water partition coefficient (Wildman–Crippen LogP) is -0.158. The first kappa shape index (κ1) is 16.2. The van der Waals surface area contributed by atoms with Gasteiger partial charge in [-0.3, -0.25) is 14.3 Å². The van der Waals surface area contributed by atoms with Crippen molar-refractivity contribution in [1.82, 2.24) is 14.5 Å². The van der Waals surface area contributed by atoms with E-state index in [0.717, 1.165) is 0 Å². The van der Waals surface area contributed by atoms with Crippen molar-refractivity contribution in [2.45, 2.75) is 31.7 Å². The van der Waals surface area contributed by atoms with Gasteiger partial charge in [0.05, 0.1) is 18.1 Å². The van der Waals surface area contributed by atoms with E-state index in [1.807, 2.05) is 0 Å². The van der Waals surface area contributed by atoms with Crippen molar-refractivity contribution in [2.75, 3.05) is 12.3 Å². The normalized spacial score (nSPS) is 22.7. The number of hydrogen-bond acceptors (Lipinski definition) is 7. The van der Waals surface area contributed by atoms with Crippen LogP contribution in [0.5, 0.6) is 0 Å². The highest BCUT2D eigenvalue weighted by Crippen LogP contribution is 2.33. The van der Waals surface area contributed by atoms with Crippen LogP contribution in [-0.2, 0) is 20.4 Å². The average molecular weight is 343 g/mol. The quantitative estimate of drug-likeness (QED) is 0.545. The van der Waals surface area contributed by atoms with Crippen LogP contribution in [-0.4, -0.2) is 32.1 Å². The summed E-state index contributed by atoms with van der Waals surface area (Å²) in [5.74, 6) is 0.0159. The number of H-pyrrole nitrogens is 1. The molecule has 1 fully saturated rings. The summed E-state index contributed by atoms with van der Waals surface area (Å²) in [6.07, 6.45) is 2.40. The minimum Gasteiger partial charge on any atom is -0.369 e. The van der Waals surface area contributed by atoms with Crippen LogP contribution in [0.2, 0.25) is 0 Å². The van der Waals surface area contributed by atoms with E-state index in [0.29, 0.717) is 29.4 Å². The summed E-state index contributed by atoms with van der Waals surface area (Å²) < 4.78 is 22.9. The molecule has 11 heteroatoms. The van der Waals surface area contributed by atoms with Crippen molar-refractivity contribution < 1.29 is 18.7 Å². The number of ether oxygens (including phenoxy) is 1. The van der Waals surface area contributed by atoms with Crippen molar-refractivity contribution >= 4 is 25.2 Å². The second-order valence-corrected chi connectivity index (χ2v) is 6.10. The molecule has 10 nitrogen and oxygen atoms in total. The number of aromatic amines is 1. The molecule has 1 aliphatic rings. The van der Waals surface area contributed by atoms with Gasteiger partial charge in [0.2, 0.25) is 5.95 Å². The van der Waals surface area contributed by atoms with E-state index < -0.39 is 8.25 Å². The molecule has 3 heterocycles. The Labute approximate surface area is 131 Å². The van der Waals surface area contributed by atoms with Gasteiger partial charge in [-0.1, -0.05) is 0 Å². The summed E-state index contributed by atoms with van der Waals surface area (Å²) in [7, 11) is -2.98. The molecule has 0 bridgehead atoms. The molecule has 2 aromatic heterocycles. The molecule has 0 aromatic carbocycles. The summed E-state index contributed by atoms with van der Waals surface area (Å²) in [4.78, 5) is 27.4. The highest BCUT2D eigenvalue weighted by Gasteiger charge is 2.29. The molecule has 0 amide bonds. The fourth-order valence-corrected chi connectivity index (χ4v) is 3.13. The topological polar surface area (TPSA) is 158 Å². The third-order valence-electron chi connectivity index (χ3n) is 3.79. The molecular formula is C12H18N5O5P. The van der Waals surface area contributed by atoms with Crippen molar-refractivity contribution in [1.29, 1.82) is 0 Å². The number of hydrogen-bond donors (Lipinski definition) is 4. The first-order chi connectivity index (χ1) is 11.0. The Kier molecular flexibility index (Phi) is 4.51. The lowest BCUT2D eigenvalue weighted by atomic mass is 10.2. The summed E-state index contributed by atoms with van der Waals surface area (Å²) in [5, 5.41) is 0.394. The van der Waals surface area contributed by atoms with E-state index in [9.17, 15) is 9.36 Å². The second kappa shape index (κ2) is 6.42. The molecular weight excluding hydrogens is 325 g/mol. The van der Waals surface area contributed by atoms with Crippen molar-refractivity contribution in [2.24, 2.45) is 5.73 Å². The van der Waals surface area contributed by atoms with Crippen LogP contribution >= 0.6 is 8.25 Å². The minimum atomic E-state index is -2.98. The lowest BCUT2D eigenvalue weighted by molar-refractivity contribution is -0.0160. The Morgan fingerprint density at radius 3 is 3.04 bits per heavy atom. The van der Waals surface area contributed by atoms with Crippen molar-refractivity contribution in [3.05, 3.63) is 22.1 Å². The van der Waals surface area contributed by atoms with Crippen LogP contribution in [0.15, 0.2) is 11.0 Å². The van der Waals surface area contributed by atoms with Crippen LogP contribution in [0.25, 0.3) is 11.0 Å². The van der Waals surface area contributed by atoms with E-state index in [-0.39, 0.29) is 37.0 Å². The Hall–Kier alpha value is -1.71. The molecule has 0 aliphatic carbocycles. The maximum Gasteiger partial charge on any atom is 0.316 e. The van der Waals surface area contributed by atoms with Gasteiger partial charge in [-0.15, -0.1) is 0 Å². The highest BCUT2D eigenvalue weighted by molar-refractivity contribution is 7.32. The van der Waals surface area contributed by atoms with E-state index >= 15 is 0 Å². The zero-order valence-electron chi connectivity index (χ0n) is 12.2. The first-order valence-electron chi connectivity index (χ1n) is 7.10. The Morgan fingerprint density at radius 2 is 2.35 bits per heavy atom.